The molecule has 1 aliphatic rings. The number of nitrogens with zero attached hydrogens (tertiary/aromatic N) is 2. The van der Waals surface area contributed by atoms with E-state index < -0.39 is 0 Å². The van der Waals surface area contributed by atoms with Crippen molar-refractivity contribution >= 4 is 28.8 Å². The Bertz CT molecular complexity index is 716. The van der Waals surface area contributed by atoms with E-state index in [2.05, 4.69) is 5.32 Å². The molecule has 1 fully saturated rings. The first-order valence-corrected chi connectivity index (χ1v) is 8.99. The summed E-state index contributed by atoms with van der Waals surface area (Å²) in [6.45, 7) is 2.28. The minimum absolute atomic E-state index is 0.0201. The molecule has 1 aromatic heterocycles. The standard InChI is InChI=1S/C18H21N3O3S/c1-24-15-6-4-14(5-7-15)21(11-16-3-2-10-25-16)18(23)13-20-9-8-19-17(22)12-20/h2-7,10H,8-9,11-13H2,1H3,(H,19,22). The number of hydrogen-bond acceptors (Lipinski definition) is 5. The van der Waals surface area contributed by atoms with Crippen LogP contribution in [-0.4, -0.2) is 50.0 Å². The summed E-state index contributed by atoms with van der Waals surface area (Å²) in [5.74, 6) is 0.696. The SMILES string of the molecule is COc1ccc(N(Cc2cccs2)C(=O)CN2CCNC(=O)C2)cc1. The lowest BCUT2D eigenvalue weighted by Crippen LogP contribution is -2.51. The van der Waals surface area contributed by atoms with Gasteiger partial charge in [-0.3, -0.25) is 14.5 Å². The van der Waals surface area contributed by atoms with Crippen LogP contribution >= 0.6 is 11.3 Å². The van der Waals surface area contributed by atoms with Crippen molar-refractivity contribution in [2.45, 2.75) is 6.54 Å². The van der Waals surface area contributed by atoms with Crippen LogP contribution in [0.5, 0.6) is 5.75 Å². The molecule has 1 aromatic carbocycles. The average Bonchev–Trinajstić information content (AvgIpc) is 3.13. The molecule has 0 radical (unpaired) electrons. The van der Waals surface area contributed by atoms with Crippen molar-refractivity contribution < 1.29 is 14.3 Å². The molecule has 0 saturated carbocycles. The molecule has 25 heavy (non-hydrogen) atoms. The zero-order chi connectivity index (χ0) is 17.6. The van der Waals surface area contributed by atoms with E-state index in [1.54, 1.807) is 23.3 Å². The number of hydrogen-bond donors (Lipinski definition) is 1. The van der Waals surface area contributed by atoms with Gasteiger partial charge < -0.3 is 15.0 Å². The van der Waals surface area contributed by atoms with Gasteiger partial charge in [-0.2, -0.15) is 0 Å². The predicted octanol–water partition coefficient (Wildman–Crippen LogP) is 1.72. The van der Waals surface area contributed by atoms with Crippen LogP contribution in [0.2, 0.25) is 0 Å². The second-order valence-electron chi connectivity index (χ2n) is 5.82. The second-order valence-corrected chi connectivity index (χ2v) is 6.85. The smallest absolute Gasteiger partial charge is 0.241 e. The molecule has 0 unspecified atom stereocenters. The average molecular weight is 359 g/mol. The number of methoxy groups -OCH3 is 1. The summed E-state index contributed by atoms with van der Waals surface area (Å²) in [6.07, 6.45) is 0. The van der Waals surface area contributed by atoms with Gasteiger partial charge in [-0.1, -0.05) is 6.07 Å². The van der Waals surface area contributed by atoms with E-state index in [-0.39, 0.29) is 24.9 Å². The highest BCUT2D eigenvalue weighted by Crippen LogP contribution is 2.23. The molecule has 1 aliphatic heterocycles. The van der Waals surface area contributed by atoms with Gasteiger partial charge in [0.2, 0.25) is 11.8 Å². The highest BCUT2D eigenvalue weighted by molar-refractivity contribution is 7.09. The highest BCUT2D eigenvalue weighted by atomic mass is 32.1. The lowest BCUT2D eigenvalue weighted by molar-refractivity contribution is -0.126. The van der Waals surface area contributed by atoms with Gasteiger partial charge >= 0.3 is 0 Å². The van der Waals surface area contributed by atoms with E-state index in [0.29, 0.717) is 19.6 Å². The van der Waals surface area contributed by atoms with Crippen molar-refractivity contribution in [1.82, 2.24) is 10.2 Å². The largest absolute Gasteiger partial charge is 0.497 e. The van der Waals surface area contributed by atoms with Crippen LogP contribution < -0.4 is 15.0 Å². The highest BCUT2D eigenvalue weighted by Gasteiger charge is 2.23. The Morgan fingerprint density at radius 2 is 2.12 bits per heavy atom. The molecule has 1 N–H and O–H groups in total. The topological polar surface area (TPSA) is 61.9 Å². The minimum Gasteiger partial charge on any atom is -0.497 e. The number of benzene rings is 1. The van der Waals surface area contributed by atoms with Crippen molar-refractivity contribution in [3.63, 3.8) is 0 Å². The molecule has 1 saturated heterocycles. The van der Waals surface area contributed by atoms with E-state index >= 15 is 0 Å². The first-order chi connectivity index (χ1) is 12.2. The molecule has 0 atom stereocenters. The molecular formula is C18H21N3O3S. The zero-order valence-corrected chi connectivity index (χ0v) is 14.9. The van der Waals surface area contributed by atoms with E-state index in [1.165, 1.54) is 0 Å². The van der Waals surface area contributed by atoms with Crippen LogP contribution in [0, 0.1) is 0 Å². The van der Waals surface area contributed by atoms with Gasteiger partial charge in [0.15, 0.2) is 0 Å². The summed E-state index contributed by atoms with van der Waals surface area (Å²) < 4.78 is 5.19. The van der Waals surface area contributed by atoms with Crippen LogP contribution in [0.1, 0.15) is 4.88 Å². The van der Waals surface area contributed by atoms with Crippen molar-refractivity contribution in [3.05, 3.63) is 46.7 Å². The Kier molecular flexibility index (Phi) is 5.67. The van der Waals surface area contributed by atoms with E-state index in [0.717, 1.165) is 16.3 Å². The fourth-order valence-electron chi connectivity index (χ4n) is 2.75. The van der Waals surface area contributed by atoms with Gasteiger partial charge in [0.1, 0.15) is 5.75 Å². The van der Waals surface area contributed by atoms with Crippen molar-refractivity contribution in [1.29, 1.82) is 0 Å². The Morgan fingerprint density at radius 1 is 1.32 bits per heavy atom. The lowest BCUT2D eigenvalue weighted by atomic mass is 10.2. The maximum Gasteiger partial charge on any atom is 0.241 e. The Balaban J connectivity index is 1.76. The summed E-state index contributed by atoms with van der Waals surface area (Å²) in [5.41, 5.74) is 0.820. The molecule has 6 nitrogen and oxygen atoms in total. The summed E-state index contributed by atoms with van der Waals surface area (Å²) in [4.78, 5) is 29.2. The number of ether oxygens (including phenoxy) is 1. The lowest BCUT2D eigenvalue weighted by Gasteiger charge is -2.29. The van der Waals surface area contributed by atoms with Gasteiger partial charge in [0, 0.05) is 23.7 Å². The molecular weight excluding hydrogens is 338 g/mol. The number of rotatable bonds is 6. The molecule has 0 bridgehead atoms. The minimum atomic E-state index is -0.0340. The van der Waals surface area contributed by atoms with Crippen LogP contribution in [0.4, 0.5) is 5.69 Å². The first kappa shape index (κ1) is 17.4. The van der Waals surface area contributed by atoms with Crippen molar-refractivity contribution in [2.75, 3.05) is 38.2 Å². The normalized spacial score (nSPS) is 14.8. The molecule has 0 aliphatic carbocycles. The molecule has 3 rings (SSSR count). The fraction of sp³-hybridized carbons (Fsp3) is 0.333. The van der Waals surface area contributed by atoms with Crippen LogP contribution in [0.15, 0.2) is 41.8 Å². The number of carbonyl (C=O) groups is 2. The summed E-state index contributed by atoms with van der Waals surface area (Å²) in [5, 5.41) is 4.78. The number of nitrogens with one attached hydrogen (secondary N) is 1. The Morgan fingerprint density at radius 3 is 2.76 bits per heavy atom. The summed E-state index contributed by atoms with van der Waals surface area (Å²) in [6, 6.07) is 11.5. The maximum absolute atomic E-state index is 12.9. The third-order valence-corrected chi connectivity index (χ3v) is 4.92. The summed E-state index contributed by atoms with van der Waals surface area (Å²) >= 11 is 1.62. The van der Waals surface area contributed by atoms with Crippen LogP contribution in [0.3, 0.4) is 0 Å². The maximum atomic E-state index is 12.9. The van der Waals surface area contributed by atoms with E-state index in [4.69, 9.17) is 4.74 Å². The van der Waals surface area contributed by atoms with Crippen LogP contribution in [0.25, 0.3) is 0 Å². The van der Waals surface area contributed by atoms with Crippen LogP contribution in [-0.2, 0) is 16.1 Å². The zero-order valence-electron chi connectivity index (χ0n) is 14.1. The third kappa shape index (κ3) is 4.58. The monoisotopic (exact) mass is 359 g/mol. The molecule has 2 aromatic rings. The van der Waals surface area contributed by atoms with Gasteiger partial charge in [-0.15, -0.1) is 11.3 Å². The molecule has 7 heteroatoms. The van der Waals surface area contributed by atoms with E-state index in [9.17, 15) is 9.59 Å². The van der Waals surface area contributed by atoms with Gasteiger partial charge in [0.05, 0.1) is 26.7 Å². The molecule has 2 amide bonds. The number of thiophene rings is 1. The molecule has 0 spiro atoms. The first-order valence-electron chi connectivity index (χ1n) is 8.11. The van der Waals surface area contributed by atoms with Crippen molar-refractivity contribution in [3.8, 4) is 5.75 Å². The molecule has 2 heterocycles. The van der Waals surface area contributed by atoms with Gasteiger partial charge in [-0.25, -0.2) is 0 Å². The number of amides is 2. The van der Waals surface area contributed by atoms with Gasteiger partial charge in [0.25, 0.3) is 0 Å². The number of anilines is 1. The quantitative estimate of drug-likeness (QED) is 0.853. The summed E-state index contributed by atoms with van der Waals surface area (Å²) in [7, 11) is 1.62. The van der Waals surface area contributed by atoms with Gasteiger partial charge in [-0.05, 0) is 35.7 Å². The molecule has 132 valence electrons. The van der Waals surface area contributed by atoms with E-state index in [1.807, 2.05) is 46.7 Å². The number of piperazine rings is 1. The Labute approximate surface area is 151 Å². The predicted molar refractivity (Wildman–Crippen MR) is 98.0 cm³/mol. The Hall–Kier alpha value is -2.38. The van der Waals surface area contributed by atoms with Crippen molar-refractivity contribution in [2.24, 2.45) is 0 Å². The fourth-order valence-corrected chi connectivity index (χ4v) is 3.44. The second kappa shape index (κ2) is 8.13. The number of carbonyl (C=O) groups excluding carboxylic acids is 2. The third-order valence-electron chi connectivity index (χ3n) is 4.06.